The summed E-state index contributed by atoms with van der Waals surface area (Å²) < 4.78 is 1.86. The van der Waals surface area contributed by atoms with Crippen molar-refractivity contribution < 1.29 is 4.79 Å². The third-order valence-corrected chi connectivity index (χ3v) is 5.85. The zero-order chi connectivity index (χ0) is 17.1. The SMILES string of the molecule is O=C(Cc1ccc(-n2cnnc2)cc1)N1CCC2(CCNCC2)CC1. The van der Waals surface area contributed by atoms with Gasteiger partial charge in [0.05, 0.1) is 6.42 Å². The van der Waals surface area contributed by atoms with Crippen LogP contribution < -0.4 is 5.32 Å². The topological polar surface area (TPSA) is 63.1 Å². The molecule has 2 fully saturated rings. The lowest BCUT2D eigenvalue weighted by Gasteiger charge is -2.44. The third kappa shape index (κ3) is 3.58. The third-order valence-electron chi connectivity index (χ3n) is 5.85. The predicted octanol–water partition coefficient (Wildman–Crippen LogP) is 1.80. The van der Waals surface area contributed by atoms with E-state index in [-0.39, 0.29) is 5.91 Å². The molecule has 4 rings (SSSR count). The first kappa shape index (κ1) is 16.3. The summed E-state index contributed by atoms with van der Waals surface area (Å²) in [5, 5.41) is 11.1. The highest BCUT2D eigenvalue weighted by Gasteiger charge is 2.36. The largest absolute Gasteiger partial charge is 0.342 e. The molecule has 0 atom stereocenters. The molecule has 0 radical (unpaired) electrons. The summed E-state index contributed by atoms with van der Waals surface area (Å²) >= 11 is 0. The molecule has 2 aliphatic heterocycles. The van der Waals surface area contributed by atoms with Gasteiger partial charge in [-0.15, -0.1) is 10.2 Å². The zero-order valence-corrected chi connectivity index (χ0v) is 14.5. The van der Waals surface area contributed by atoms with Gasteiger partial charge < -0.3 is 10.2 Å². The van der Waals surface area contributed by atoms with E-state index in [4.69, 9.17) is 0 Å². The van der Waals surface area contributed by atoms with Gasteiger partial charge in [0.2, 0.25) is 5.91 Å². The molecule has 1 aromatic carbocycles. The Balaban J connectivity index is 1.33. The van der Waals surface area contributed by atoms with Gasteiger partial charge in [0.25, 0.3) is 0 Å². The molecule has 2 saturated heterocycles. The van der Waals surface area contributed by atoms with Crippen LogP contribution in [0.4, 0.5) is 0 Å². The first-order valence-corrected chi connectivity index (χ1v) is 9.17. The second-order valence-electron chi connectivity index (χ2n) is 7.34. The Morgan fingerprint density at radius 2 is 1.64 bits per heavy atom. The van der Waals surface area contributed by atoms with Crippen molar-refractivity contribution in [3.05, 3.63) is 42.5 Å². The molecule has 6 nitrogen and oxygen atoms in total. The van der Waals surface area contributed by atoms with E-state index in [1.54, 1.807) is 12.7 Å². The molecule has 2 aliphatic rings. The number of nitrogens with zero attached hydrogens (tertiary/aromatic N) is 4. The summed E-state index contributed by atoms with van der Waals surface area (Å²) in [6, 6.07) is 8.05. The Morgan fingerprint density at radius 3 is 2.28 bits per heavy atom. The number of aromatic nitrogens is 3. The number of benzene rings is 1. The van der Waals surface area contributed by atoms with Gasteiger partial charge in [0.15, 0.2) is 0 Å². The Bertz CT molecular complexity index is 694. The van der Waals surface area contributed by atoms with Gasteiger partial charge >= 0.3 is 0 Å². The van der Waals surface area contributed by atoms with Crippen molar-refractivity contribution in [2.45, 2.75) is 32.1 Å². The van der Waals surface area contributed by atoms with E-state index in [1.165, 1.54) is 12.8 Å². The molecule has 2 aromatic rings. The molecule has 0 bridgehead atoms. The summed E-state index contributed by atoms with van der Waals surface area (Å²) in [6.07, 6.45) is 8.67. The summed E-state index contributed by atoms with van der Waals surface area (Å²) in [5.74, 6) is 0.251. The van der Waals surface area contributed by atoms with Crippen molar-refractivity contribution in [3.63, 3.8) is 0 Å². The molecule has 0 saturated carbocycles. The lowest BCUT2D eigenvalue weighted by atomic mass is 9.71. The number of amides is 1. The number of likely N-dealkylation sites (tertiary alicyclic amines) is 1. The number of hydrogen-bond acceptors (Lipinski definition) is 4. The lowest BCUT2D eigenvalue weighted by Crippen LogP contribution is -2.47. The molecular formula is C19H25N5O. The van der Waals surface area contributed by atoms with Crippen LogP contribution in [-0.2, 0) is 11.2 Å². The van der Waals surface area contributed by atoms with Gasteiger partial charge in [0.1, 0.15) is 12.7 Å². The van der Waals surface area contributed by atoms with Crippen LogP contribution >= 0.6 is 0 Å². The normalized spacial score (nSPS) is 19.9. The van der Waals surface area contributed by atoms with Gasteiger partial charge in [-0.25, -0.2) is 0 Å². The summed E-state index contributed by atoms with van der Waals surface area (Å²) in [6.45, 7) is 4.09. The van der Waals surface area contributed by atoms with Crippen molar-refractivity contribution in [2.75, 3.05) is 26.2 Å². The van der Waals surface area contributed by atoms with E-state index >= 15 is 0 Å². The van der Waals surface area contributed by atoms with Crippen molar-refractivity contribution >= 4 is 5.91 Å². The van der Waals surface area contributed by atoms with Crippen LogP contribution in [0.15, 0.2) is 36.9 Å². The summed E-state index contributed by atoms with van der Waals surface area (Å²) in [4.78, 5) is 14.7. The van der Waals surface area contributed by atoms with Gasteiger partial charge in [0, 0.05) is 18.8 Å². The smallest absolute Gasteiger partial charge is 0.226 e. The highest BCUT2D eigenvalue weighted by atomic mass is 16.2. The molecule has 25 heavy (non-hydrogen) atoms. The standard InChI is InChI=1S/C19H25N5O/c25-18(23-11-7-19(8-12-23)5-9-20-10-6-19)13-16-1-3-17(4-2-16)24-14-21-22-15-24/h1-4,14-15,20H,5-13H2. The molecule has 1 spiro atoms. The van der Waals surface area contributed by atoms with E-state index in [9.17, 15) is 4.79 Å². The van der Waals surface area contributed by atoms with E-state index in [0.717, 1.165) is 50.3 Å². The van der Waals surface area contributed by atoms with Crippen molar-refractivity contribution in [1.82, 2.24) is 25.0 Å². The Labute approximate surface area is 148 Å². The maximum atomic E-state index is 12.6. The number of piperidine rings is 2. The zero-order valence-electron chi connectivity index (χ0n) is 14.5. The first-order chi connectivity index (χ1) is 12.2. The monoisotopic (exact) mass is 339 g/mol. The first-order valence-electron chi connectivity index (χ1n) is 9.17. The predicted molar refractivity (Wildman–Crippen MR) is 95.4 cm³/mol. The Hall–Kier alpha value is -2.21. The summed E-state index contributed by atoms with van der Waals surface area (Å²) in [5.41, 5.74) is 2.55. The van der Waals surface area contributed by atoms with Gasteiger partial charge in [-0.2, -0.15) is 0 Å². The van der Waals surface area contributed by atoms with Crippen LogP contribution in [0.1, 0.15) is 31.2 Å². The van der Waals surface area contributed by atoms with E-state index in [0.29, 0.717) is 11.8 Å². The van der Waals surface area contributed by atoms with Crippen LogP contribution in [0.25, 0.3) is 5.69 Å². The number of rotatable bonds is 3. The molecule has 3 heterocycles. The van der Waals surface area contributed by atoms with Crippen LogP contribution in [0.5, 0.6) is 0 Å². The van der Waals surface area contributed by atoms with Crippen LogP contribution in [-0.4, -0.2) is 51.8 Å². The van der Waals surface area contributed by atoms with Crippen molar-refractivity contribution in [2.24, 2.45) is 5.41 Å². The minimum atomic E-state index is 0.251. The number of carbonyl (C=O) groups excluding carboxylic acids is 1. The minimum absolute atomic E-state index is 0.251. The molecule has 1 amide bonds. The highest BCUT2D eigenvalue weighted by molar-refractivity contribution is 5.79. The van der Waals surface area contributed by atoms with Crippen molar-refractivity contribution in [1.29, 1.82) is 0 Å². The van der Waals surface area contributed by atoms with Crippen LogP contribution in [0.3, 0.4) is 0 Å². The number of nitrogens with one attached hydrogen (secondary N) is 1. The van der Waals surface area contributed by atoms with E-state index in [2.05, 4.69) is 20.4 Å². The average molecular weight is 339 g/mol. The fourth-order valence-electron chi connectivity index (χ4n) is 4.09. The number of carbonyl (C=O) groups is 1. The summed E-state index contributed by atoms with van der Waals surface area (Å²) in [7, 11) is 0. The van der Waals surface area contributed by atoms with Gasteiger partial charge in [-0.05, 0) is 61.9 Å². The molecule has 1 aromatic heterocycles. The second kappa shape index (κ2) is 6.96. The highest BCUT2D eigenvalue weighted by Crippen LogP contribution is 2.39. The Kier molecular flexibility index (Phi) is 4.53. The van der Waals surface area contributed by atoms with Gasteiger partial charge in [-0.3, -0.25) is 9.36 Å². The molecular weight excluding hydrogens is 314 g/mol. The lowest BCUT2D eigenvalue weighted by molar-refractivity contribution is -0.133. The van der Waals surface area contributed by atoms with Crippen LogP contribution in [0, 0.1) is 5.41 Å². The molecule has 0 unspecified atom stereocenters. The molecule has 6 heteroatoms. The molecule has 0 aliphatic carbocycles. The average Bonchev–Trinajstić information content (AvgIpc) is 3.18. The number of hydrogen-bond donors (Lipinski definition) is 1. The van der Waals surface area contributed by atoms with Gasteiger partial charge in [-0.1, -0.05) is 12.1 Å². The quantitative estimate of drug-likeness (QED) is 0.926. The minimum Gasteiger partial charge on any atom is -0.342 e. The fraction of sp³-hybridized carbons (Fsp3) is 0.526. The Morgan fingerprint density at radius 1 is 1.00 bits per heavy atom. The van der Waals surface area contributed by atoms with E-state index < -0.39 is 0 Å². The maximum Gasteiger partial charge on any atom is 0.226 e. The maximum absolute atomic E-state index is 12.6. The fourth-order valence-corrected chi connectivity index (χ4v) is 4.09. The van der Waals surface area contributed by atoms with Crippen molar-refractivity contribution in [3.8, 4) is 5.69 Å². The van der Waals surface area contributed by atoms with E-state index in [1.807, 2.05) is 28.8 Å². The molecule has 132 valence electrons. The van der Waals surface area contributed by atoms with Crippen LogP contribution in [0.2, 0.25) is 0 Å². The molecule has 1 N–H and O–H groups in total. The second-order valence-corrected chi connectivity index (χ2v) is 7.34.